The van der Waals surface area contributed by atoms with E-state index in [-0.39, 0.29) is 16.7 Å². The first kappa shape index (κ1) is 14.9. The maximum absolute atomic E-state index is 11.0. The number of hydrogen-bond donors (Lipinski definition) is 1. The van der Waals surface area contributed by atoms with Crippen LogP contribution in [-0.4, -0.2) is 36.0 Å². The van der Waals surface area contributed by atoms with E-state index in [1.54, 1.807) is 18.2 Å². The van der Waals surface area contributed by atoms with Gasteiger partial charge in [0.15, 0.2) is 0 Å². The topological polar surface area (TPSA) is 58.4 Å². The number of piperazine rings is 1. The number of nitro groups is 1. The van der Waals surface area contributed by atoms with E-state index in [9.17, 15) is 10.1 Å². The van der Waals surface area contributed by atoms with E-state index in [1.165, 1.54) is 0 Å². The lowest BCUT2D eigenvalue weighted by Gasteiger charge is -2.36. The highest BCUT2D eigenvalue weighted by Crippen LogP contribution is 2.30. The van der Waals surface area contributed by atoms with E-state index >= 15 is 0 Å². The van der Waals surface area contributed by atoms with Crippen molar-refractivity contribution in [3.63, 3.8) is 0 Å². The van der Waals surface area contributed by atoms with Crippen molar-refractivity contribution < 1.29 is 4.92 Å². The largest absolute Gasteiger partial charge is 0.314 e. The van der Waals surface area contributed by atoms with Crippen molar-refractivity contribution in [3.05, 3.63) is 39.9 Å². The smallest absolute Gasteiger partial charge is 0.269 e. The summed E-state index contributed by atoms with van der Waals surface area (Å²) in [5.41, 5.74) is 1.25. The van der Waals surface area contributed by atoms with E-state index in [1.807, 2.05) is 6.07 Å². The minimum atomic E-state index is -0.312. The highest BCUT2D eigenvalue weighted by atomic mass is 16.6. The Bertz CT molecular complexity index is 456. The van der Waals surface area contributed by atoms with Crippen LogP contribution in [0.25, 0.3) is 0 Å². The average molecular weight is 277 g/mol. The predicted octanol–water partition coefficient (Wildman–Crippen LogP) is 2.59. The first-order valence-electron chi connectivity index (χ1n) is 7.27. The number of nitro benzene ring substituents is 1. The molecule has 1 aliphatic rings. The summed E-state index contributed by atoms with van der Waals surface area (Å²) in [7, 11) is 0. The van der Waals surface area contributed by atoms with Crippen molar-refractivity contribution in [2.45, 2.75) is 26.3 Å². The molecular weight excluding hydrogens is 254 g/mol. The molecule has 1 fully saturated rings. The van der Waals surface area contributed by atoms with Gasteiger partial charge in [0.05, 0.1) is 4.92 Å². The Kier molecular flexibility index (Phi) is 5.09. The zero-order valence-electron chi connectivity index (χ0n) is 12.2. The van der Waals surface area contributed by atoms with Crippen molar-refractivity contribution in [3.8, 4) is 0 Å². The Morgan fingerprint density at radius 1 is 1.35 bits per heavy atom. The predicted molar refractivity (Wildman–Crippen MR) is 79.7 cm³/mol. The Balaban J connectivity index is 2.24. The van der Waals surface area contributed by atoms with Crippen LogP contribution < -0.4 is 5.32 Å². The number of hydrogen-bond acceptors (Lipinski definition) is 4. The number of benzene rings is 1. The van der Waals surface area contributed by atoms with Crippen LogP contribution in [-0.2, 0) is 0 Å². The van der Waals surface area contributed by atoms with Gasteiger partial charge in [-0.1, -0.05) is 26.0 Å². The van der Waals surface area contributed by atoms with E-state index in [0.717, 1.165) is 38.2 Å². The standard InChI is InChI=1S/C15H23N3O2/c1-12(2)10-15(17-8-6-16-7-9-17)13-4-3-5-14(11-13)18(19)20/h3-5,11-12,15-16H,6-10H2,1-2H3/t15-/m1/s1. The second kappa shape index (κ2) is 6.81. The molecule has 1 aliphatic heterocycles. The third kappa shape index (κ3) is 3.77. The van der Waals surface area contributed by atoms with Crippen LogP contribution in [0.1, 0.15) is 31.9 Å². The maximum atomic E-state index is 11.0. The van der Waals surface area contributed by atoms with Gasteiger partial charge in [-0.15, -0.1) is 0 Å². The molecule has 1 saturated heterocycles. The Labute approximate surface area is 120 Å². The summed E-state index contributed by atoms with van der Waals surface area (Å²) < 4.78 is 0. The van der Waals surface area contributed by atoms with Gasteiger partial charge in [0.25, 0.3) is 5.69 Å². The maximum Gasteiger partial charge on any atom is 0.269 e. The molecule has 1 atom stereocenters. The summed E-state index contributed by atoms with van der Waals surface area (Å²) in [6, 6.07) is 7.38. The molecule has 0 bridgehead atoms. The molecule has 1 aromatic rings. The van der Waals surface area contributed by atoms with Gasteiger partial charge < -0.3 is 5.32 Å². The van der Waals surface area contributed by atoms with E-state index < -0.39 is 0 Å². The lowest BCUT2D eigenvalue weighted by Crippen LogP contribution is -2.45. The molecule has 20 heavy (non-hydrogen) atoms. The fraction of sp³-hybridized carbons (Fsp3) is 0.600. The first-order chi connectivity index (χ1) is 9.58. The van der Waals surface area contributed by atoms with Crippen LogP contribution >= 0.6 is 0 Å². The molecule has 0 spiro atoms. The SMILES string of the molecule is CC(C)C[C@H](c1cccc([N+](=O)[O-])c1)N1CCNCC1. The lowest BCUT2D eigenvalue weighted by molar-refractivity contribution is -0.385. The Morgan fingerprint density at radius 2 is 2.05 bits per heavy atom. The second-order valence-electron chi connectivity index (χ2n) is 5.78. The molecule has 2 rings (SSSR count). The summed E-state index contributed by atoms with van der Waals surface area (Å²) in [6.07, 6.45) is 1.03. The summed E-state index contributed by atoms with van der Waals surface area (Å²) in [4.78, 5) is 13.1. The van der Waals surface area contributed by atoms with Crippen LogP contribution in [0.2, 0.25) is 0 Å². The zero-order valence-corrected chi connectivity index (χ0v) is 12.2. The van der Waals surface area contributed by atoms with Crippen LogP contribution in [0.4, 0.5) is 5.69 Å². The molecule has 1 heterocycles. The van der Waals surface area contributed by atoms with Gasteiger partial charge in [0, 0.05) is 44.4 Å². The second-order valence-corrected chi connectivity index (χ2v) is 5.78. The Hall–Kier alpha value is -1.46. The highest BCUT2D eigenvalue weighted by Gasteiger charge is 2.24. The first-order valence-corrected chi connectivity index (χ1v) is 7.27. The van der Waals surface area contributed by atoms with Gasteiger partial charge in [-0.2, -0.15) is 0 Å². The van der Waals surface area contributed by atoms with Crippen LogP contribution in [0.15, 0.2) is 24.3 Å². The highest BCUT2D eigenvalue weighted by molar-refractivity contribution is 5.36. The van der Waals surface area contributed by atoms with Crippen LogP contribution in [0.5, 0.6) is 0 Å². The van der Waals surface area contributed by atoms with E-state index in [2.05, 4.69) is 24.1 Å². The van der Waals surface area contributed by atoms with Gasteiger partial charge >= 0.3 is 0 Å². The summed E-state index contributed by atoms with van der Waals surface area (Å²) in [5, 5.41) is 14.3. The van der Waals surface area contributed by atoms with Crippen molar-refractivity contribution in [2.24, 2.45) is 5.92 Å². The third-order valence-electron chi connectivity index (χ3n) is 3.75. The number of non-ortho nitro benzene ring substituents is 1. The summed E-state index contributed by atoms with van der Waals surface area (Å²) >= 11 is 0. The molecule has 0 aromatic heterocycles. The fourth-order valence-corrected chi connectivity index (χ4v) is 2.78. The molecule has 5 heteroatoms. The monoisotopic (exact) mass is 277 g/mol. The molecule has 0 radical (unpaired) electrons. The van der Waals surface area contributed by atoms with Crippen molar-refractivity contribution in [2.75, 3.05) is 26.2 Å². The summed E-state index contributed by atoms with van der Waals surface area (Å²) in [5.74, 6) is 0.564. The van der Waals surface area contributed by atoms with Gasteiger partial charge in [0.2, 0.25) is 0 Å². The van der Waals surface area contributed by atoms with Crippen molar-refractivity contribution in [1.82, 2.24) is 10.2 Å². The molecule has 0 saturated carbocycles. The quantitative estimate of drug-likeness (QED) is 0.664. The molecule has 1 N–H and O–H groups in total. The van der Waals surface area contributed by atoms with Gasteiger partial charge in [-0.3, -0.25) is 15.0 Å². The molecule has 0 unspecified atom stereocenters. The minimum absolute atomic E-state index is 0.186. The van der Waals surface area contributed by atoms with E-state index in [4.69, 9.17) is 0 Å². The van der Waals surface area contributed by atoms with Crippen LogP contribution in [0, 0.1) is 16.0 Å². The van der Waals surface area contributed by atoms with Gasteiger partial charge in [0.1, 0.15) is 0 Å². The average Bonchev–Trinajstić information content (AvgIpc) is 2.45. The Morgan fingerprint density at radius 3 is 2.65 bits per heavy atom. The molecular formula is C15H23N3O2. The van der Waals surface area contributed by atoms with E-state index in [0.29, 0.717) is 5.92 Å². The molecule has 1 aromatic carbocycles. The lowest BCUT2D eigenvalue weighted by atomic mass is 9.94. The number of rotatable bonds is 5. The van der Waals surface area contributed by atoms with Crippen molar-refractivity contribution in [1.29, 1.82) is 0 Å². The molecule has 0 amide bonds. The zero-order chi connectivity index (χ0) is 14.5. The normalized spacial score (nSPS) is 18.1. The van der Waals surface area contributed by atoms with Crippen LogP contribution in [0.3, 0.4) is 0 Å². The summed E-state index contributed by atoms with van der Waals surface area (Å²) in [6.45, 7) is 8.38. The van der Waals surface area contributed by atoms with Gasteiger partial charge in [-0.25, -0.2) is 0 Å². The third-order valence-corrected chi connectivity index (χ3v) is 3.75. The minimum Gasteiger partial charge on any atom is -0.314 e. The number of nitrogens with one attached hydrogen (secondary N) is 1. The number of nitrogens with zero attached hydrogens (tertiary/aromatic N) is 2. The fourth-order valence-electron chi connectivity index (χ4n) is 2.78. The van der Waals surface area contributed by atoms with Crippen molar-refractivity contribution >= 4 is 5.69 Å². The van der Waals surface area contributed by atoms with Gasteiger partial charge in [-0.05, 0) is 17.9 Å². The molecule has 5 nitrogen and oxygen atoms in total. The molecule has 0 aliphatic carbocycles. The molecule has 110 valence electrons.